The lowest BCUT2D eigenvalue weighted by Crippen LogP contribution is -2.53. The molecule has 204 valence electrons. The van der Waals surface area contributed by atoms with E-state index in [1.807, 2.05) is 0 Å². The van der Waals surface area contributed by atoms with Crippen LogP contribution in [0.5, 0.6) is 0 Å². The molecule has 1 heterocycles. The number of carbonyl (C=O) groups excluding carboxylic acids is 3. The first-order valence-electron chi connectivity index (χ1n) is 11.4. The molecule has 0 saturated carbocycles. The molecule has 0 aromatic heterocycles. The van der Waals surface area contributed by atoms with Gasteiger partial charge in [0.25, 0.3) is 5.91 Å². The van der Waals surface area contributed by atoms with Gasteiger partial charge in [0, 0.05) is 21.5 Å². The van der Waals surface area contributed by atoms with E-state index in [1.165, 1.54) is 13.0 Å². The molecule has 4 rings (SSSR count). The molecular weight excluding hydrogens is 562 g/mol. The molecule has 4 N–H and O–H groups in total. The number of nitrogens with one attached hydrogen (secondary N) is 3. The fraction of sp³-hybridized carbons (Fsp3) is 0.192. The van der Waals surface area contributed by atoms with E-state index < -0.39 is 64.4 Å². The van der Waals surface area contributed by atoms with Gasteiger partial charge in [-0.1, -0.05) is 11.6 Å². The first-order chi connectivity index (χ1) is 18.4. The Morgan fingerprint density at radius 2 is 1.67 bits per heavy atom. The van der Waals surface area contributed by atoms with E-state index in [0.29, 0.717) is 21.7 Å². The van der Waals surface area contributed by atoms with Gasteiger partial charge >= 0.3 is 0 Å². The monoisotopic (exact) mass is 581 g/mol. The summed E-state index contributed by atoms with van der Waals surface area (Å²) in [6.07, 6.45) is -2.00. The summed E-state index contributed by atoms with van der Waals surface area (Å²) < 4.78 is 55.9. The number of hydrogen-bond acceptors (Lipinski definition) is 5. The van der Waals surface area contributed by atoms with Gasteiger partial charge in [-0.25, -0.2) is 17.6 Å². The van der Waals surface area contributed by atoms with Gasteiger partial charge in [0.2, 0.25) is 11.8 Å². The molecule has 39 heavy (non-hydrogen) atoms. The van der Waals surface area contributed by atoms with Crippen LogP contribution in [0.4, 0.5) is 23.2 Å². The highest BCUT2D eigenvalue weighted by Gasteiger charge is 2.38. The lowest BCUT2D eigenvalue weighted by atomic mass is 10.0. The second-order valence-corrected chi connectivity index (χ2v) is 10.3. The fourth-order valence-corrected chi connectivity index (χ4v) is 5.36. The number of anilines is 1. The average molecular weight is 582 g/mol. The minimum absolute atomic E-state index is 0.191. The van der Waals surface area contributed by atoms with Gasteiger partial charge in [-0.3, -0.25) is 14.4 Å². The molecule has 0 aliphatic carbocycles. The van der Waals surface area contributed by atoms with Gasteiger partial charge in [0.15, 0.2) is 6.10 Å². The third-order valence-corrected chi connectivity index (χ3v) is 7.43. The number of fused-ring (bicyclic) bond motifs is 1. The highest BCUT2D eigenvalue weighted by atomic mass is 35.5. The Morgan fingerprint density at radius 3 is 2.36 bits per heavy atom. The highest BCUT2D eigenvalue weighted by molar-refractivity contribution is 7.99. The van der Waals surface area contributed by atoms with Crippen molar-refractivity contribution in [1.29, 1.82) is 0 Å². The summed E-state index contributed by atoms with van der Waals surface area (Å²) in [5, 5.41) is 16.6. The van der Waals surface area contributed by atoms with Gasteiger partial charge in [0.05, 0.1) is 10.9 Å². The third-order valence-electron chi connectivity index (χ3n) is 5.80. The maximum Gasteiger partial charge on any atom is 0.254 e. The summed E-state index contributed by atoms with van der Waals surface area (Å²) in [6, 6.07) is 6.58. The second kappa shape index (κ2) is 11.6. The van der Waals surface area contributed by atoms with E-state index in [4.69, 9.17) is 11.6 Å². The topological polar surface area (TPSA) is 108 Å². The summed E-state index contributed by atoms with van der Waals surface area (Å²) in [4.78, 5) is 39.2. The summed E-state index contributed by atoms with van der Waals surface area (Å²) >= 11 is 7.02. The number of rotatable bonds is 6. The average Bonchev–Trinajstić information content (AvgIpc) is 3.00. The van der Waals surface area contributed by atoms with Gasteiger partial charge in [-0.2, -0.15) is 0 Å². The van der Waals surface area contributed by atoms with Crippen molar-refractivity contribution in [3.63, 3.8) is 0 Å². The van der Waals surface area contributed by atoms with Crippen molar-refractivity contribution in [2.45, 2.75) is 35.3 Å². The quantitative estimate of drug-likeness (QED) is 0.323. The van der Waals surface area contributed by atoms with Crippen LogP contribution in [-0.2, 0) is 14.4 Å². The molecule has 0 saturated heterocycles. The SMILES string of the molecule is C[C@H](NC(=O)C(O)c1cc(F)cc(F)c1)C(=O)N[C@@H]1C(=O)Nc2cc(Cl)ccc2S[C@@H]1c1cc(F)ccc1F. The van der Waals surface area contributed by atoms with Gasteiger partial charge in [-0.15, -0.1) is 11.8 Å². The van der Waals surface area contributed by atoms with Crippen LogP contribution >= 0.6 is 23.4 Å². The molecule has 3 aromatic rings. The summed E-state index contributed by atoms with van der Waals surface area (Å²) in [5.74, 6) is -6.43. The van der Waals surface area contributed by atoms with Crippen LogP contribution in [-0.4, -0.2) is 34.9 Å². The molecule has 1 aliphatic rings. The number of benzene rings is 3. The number of hydrogen-bond donors (Lipinski definition) is 4. The van der Waals surface area contributed by atoms with Crippen LogP contribution in [0.2, 0.25) is 5.02 Å². The predicted octanol–water partition coefficient (Wildman–Crippen LogP) is 4.41. The van der Waals surface area contributed by atoms with Crippen molar-refractivity contribution >= 4 is 46.8 Å². The van der Waals surface area contributed by atoms with Crippen LogP contribution in [0.1, 0.15) is 29.4 Å². The molecule has 7 nitrogen and oxygen atoms in total. The zero-order chi connectivity index (χ0) is 28.4. The maximum absolute atomic E-state index is 14.8. The van der Waals surface area contributed by atoms with Crippen molar-refractivity contribution in [2.75, 3.05) is 5.32 Å². The third kappa shape index (κ3) is 6.52. The number of halogens is 5. The van der Waals surface area contributed by atoms with Crippen LogP contribution in [0.25, 0.3) is 0 Å². The summed E-state index contributed by atoms with van der Waals surface area (Å²) in [6.45, 7) is 1.24. The van der Waals surface area contributed by atoms with Crippen molar-refractivity contribution < 1.29 is 37.1 Å². The van der Waals surface area contributed by atoms with Crippen molar-refractivity contribution in [3.05, 3.63) is 94.0 Å². The molecule has 0 bridgehead atoms. The van der Waals surface area contributed by atoms with E-state index in [-0.39, 0.29) is 11.1 Å². The number of aliphatic hydroxyl groups excluding tert-OH is 1. The molecule has 4 atom stereocenters. The fourth-order valence-electron chi connectivity index (χ4n) is 3.89. The first-order valence-corrected chi connectivity index (χ1v) is 12.7. The Balaban J connectivity index is 1.57. The summed E-state index contributed by atoms with van der Waals surface area (Å²) in [7, 11) is 0. The van der Waals surface area contributed by atoms with E-state index in [2.05, 4.69) is 16.0 Å². The highest BCUT2D eigenvalue weighted by Crippen LogP contribution is 2.45. The largest absolute Gasteiger partial charge is 0.378 e. The predicted molar refractivity (Wildman–Crippen MR) is 136 cm³/mol. The Morgan fingerprint density at radius 1 is 0.974 bits per heavy atom. The van der Waals surface area contributed by atoms with Gasteiger partial charge in [0.1, 0.15) is 35.4 Å². The number of thioether (sulfide) groups is 1. The molecule has 1 aliphatic heterocycles. The zero-order valence-electron chi connectivity index (χ0n) is 20.0. The Hall–Kier alpha value is -3.61. The standard InChI is InChI=1S/C26H20ClF4N3O4S/c1-11(32-26(38)22(35)12-6-15(29)9-16(30)7-12)24(36)34-21-23(17-10-14(28)3-4-18(17)31)39-20-5-2-13(27)8-19(20)33-25(21)37/h2-11,21-23,35H,1H3,(H,32,38)(H,33,37)(H,34,36)/t11-,21-,22?,23+/m0/s1. The Kier molecular flexibility index (Phi) is 8.48. The normalized spacial score (nSPS) is 18.3. The van der Waals surface area contributed by atoms with Gasteiger partial charge < -0.3 is 21.1 Å². The molecule has 0 radical (unpaired) electrons. The van der Waals surface area contributed by atoms with Gasteiger partial charge in [-0.05, 0) is 61.0 Å². The number of aliphatic hydroxyl groups is 1. The number of carbonyl (C=O) groups is 3. The molecule has 0 fully saturated rings. The lowest BCUT2D eigenvalue weighted by Gasteiger charge is -2.26. The van der Waals surface area contributed by atoms with Crippen LogP contribution in [0.15, 0.2) is 59.5 Å². The van der Waals surface area contributed by atoms with E-state index in [1.54, 1.807) is 12.1 Å². The van der Waals surface area contributed by atoms with Crippen LogP contribution in [0, 0.1) is 23.3 Å². The van der Waals surface area contributed by atoms with E-state index in [0.717, 1.165) is 42.1 Å². The van der Waals surface area contributed by atoms with E-state index in [9.17, 15) is 37.1 Å². The van der Waals surface area contributed by atoms with Crippen LogP contribution < -0.4 is 16.0 Å². The Bertz CT molecular complexity index is 1440. The molecular formula is C26H20ClF4N3O4S. The minimum atomic E-state index is -2.00. The molecule has 13 heteroatoms. The van der Waals surface area contributed by atoms with Crippen molar-refractivity contribution in [3.8, 4) is 0 Å². The second-order valence-electron chi connectivity index (χ2n) is 8.66. The van der Waals surface area contributed by atoms with E-state index >= 15 is 0 Å². The molecule has 3 amide bonds. The Labute approximate surface area is 228 Å². The number of amides is 3. The van der Waals surface area contributed by atoms with Crippen molar-refractivity contribution in [1.82, 2.24) is 10.6 Å². The molecule has 3 aromatic carbocycles. The molecule has 0 spiro atoms. The lowest BCUT2D eigenvalue weighted by molar-refractivity contribution is -0.134. The first kappa shape index (κ1) is 28.4. The molecule has 1 unspecified atom stereocenters. The van der Waals surface area contributed by atoms with Crippen molar-refractivity contribution in [2.24, 2.45) is 0 Å². The zero-order valence-corrected chi connectivity index (χ0v) is 21.5. The van der Waals surface area contributed by atoms with Crippen LogP contribution in [0.3, 0.4) is 0 Å². The smallest absolute Gasteiger partial charge is 0.254 e. The summed E-state index contributed by atoms with van der Waals surface area (Å²) in [5.41, 5.74) is -0.276. The minimum Gasteiger partial charge on any atom is -0.378 e. The maximum atomic E-state index is 14.8.